The topological polar surface area (TPSA) is 41.6 Å². The number of ether oxygens (including phenoxy) is 1. The number of para-hydroxylation sites is 1. The van der Waals surface area contributed by atoms with E-state index in [2.05, 4.69) is 37.1 Å². The quantitative estimate of drug-likeness (QED) is 0.927. The van der Waals surface area contributed by atoms with Gasteiger partial charge >= 0.3 is 0 Å². The third kappa shape index (κ3) is 4.29. The molecule has 0 bridgehead atoms. The molecule has 1 N–H and O–H groups in total. The van der Waals surface area contributed by atoms with Gasteiger partial charge < -0.3 is 10.1 Å². The molecule has 1 aliphatic rings. The lowest BCUT2D eigenvalue weighted by molar-refractivity contribution is -0.121. The van der Waals surface area contributed by atoms with Crippen LogP contribution in [0.25, 0.3) is 0 Å². The van der Waals surface area contributed by atoms with E-state index in [0.717, 1.165) is 30.8 Å². The number of morpholine rings is 1. The highest BCUT2D eigenvalue weighted by Crippen LogP contribution is 2.21. The van der Waals surface area contributed by atoms with Crippen molar-refractivity contribution in [2.24, 2.45) is 0 Å². The Labute approximate surface area is 127 Å². The number of benzene rings is 1. The van der Waals surface area contributed by atoms with Gasteiger partial charge in [-0.05, 0) is 38.3 Å². The first-order chi connectivity index (χ1) is 9.99. The summed E-state index contributed by atoms with van der Waals surface area (Å²) in [5.74, 6) is 0.0558. The van der Waals surface area contributed by atoms with Crippen molar-refractivity contribution in [1.82, 2.24) is 4.90 Å². The van der Waals surface area contributed by atoms with Crippen LogP contribution in [0.5, 0.6) is 0 Å². The molecule has 1 heterocycles. The lowest BCUT2D eigenvalue weighted by Crippen LogP contribution is -2.48. The Morgan fingerprint density at radius 3 is 2.62 bits per heavy atom. The van der Waals surface area contributed by atoms with Gasteiger partial charge in [0, 0.05) is 18.8 Å². The van der Waals surface area contributed by atoms with Gasteiger partial charge in [-0.3, -0.25) is 9.69 Å². The number of nitrogens with zero attached hydrogens (tertiary/aromatic N) is 1. The first kappa shape index (κ1) is 16.0. The van der Waals surface area contributed by atoms with Crippen molar-refractivity contribution in [1.29, 1.82) is 0 Å². The van der Waals surface area contributed by atoms with Gasteiger partial charge in [-0.15, -0.1) is 0 Å². The molecule has 1 aliphatic heterocycles. The molecule has 0 saturated carbocycles. The van der Waals surface area contributed by atoms with Crippen LogP contribution >= 0.6 is 0 Å². The predicted molar refractivity (Wildman–Crippen MR) is 85.6 cm³/mol. The fourth-order valence-corrected chi connectivity index (χ4v) is 3.00. The van der Waals surface area contributed by atoms with E-state index in [1.54, 1.807) is 0 Å². The standard InChI is InChI=1S/C17H26N2O2/c1-5-15-8-6-7-12(2)17(15)18-16(20)11-19-9-13(3)21-14(4)10-19/h6-8,13-14H,5,9-11H2,1-4H3,(H,18,20). The lowest BCUT2D eigenvalue weighted by Gasteiger charge is -2.34. The average molecular weight is 290 g/mol. The SMILES string of the molecule is CCc1cccc(C)c1NC(=O)CN1CC(C)OC(C)C1. The van der Waals surface area contributed by atoms with E-state index in [9.17, 15) is 4.79 Å². The highest BCUT2D eigenvalue weighted by molar-refractivity contribution is 5.93. The van der Waals surface area contributed by atoms with Gasteiger partial charge in [-0.1, -0.05) is 25.1 Å². The van der Waals surface area contributed by atoms with Crippen LogP contribution in [-0.4, -0.2) is 42.6 Å². The van der Waals surface area contributed by atoms with Crippen molar-refractivity contribution in [3.05, 3.63) is 29.3 Å². The normalized spacial score (nSPS) is 23.0. The molecule has 116 valence electrons. The second kappa shape index (κ2) is 7.05. The third-order valence-corrected chi connectivity index (χ3v) is 3.87. The number of rotatable bonds is 4. The van der Waals surface area contributed by atoms with Crippen LogP contribution < -0.4 is 5.32 Å². The van der Waals surface area contributed by atoms with E-state index in [4.69, 9.17) is 4.74 Å². The molecule has 4 nitrogen and oxygen atoms in total. The summed E-state index contributed by atoms with van der Waals surface area (Å²) in [7, 11) is 0. The summed E-state index contributed by atoms with van der Waals surface area (Å²) in [5.41, 5.74) is 3.28. The minimum absolute atomic E-state index is 0.0558. The van der Waals surface area contributed by atoms with Gasteiger partial charge in [0.25, 0.3) is 0 Å². The lowest BCUT2D eigenvalue weighted by atomic mass is 10.1. The average Bonchev–Trinajstić information content (AvgIpc) is 2.39. The second-order valence-corrected chi connectivity index (χ2v) is 5.96. The molecule has 0 spiro atoms. The number of amides is 1. The molecule has 0 aromatic heterocycles. The smallest absolute Gasteiger partial charge is 0.238 e. The zero-order valence-corrected chi connectivity index (χ0v) is 13.5. The van der Waals surface area contributed by atoms with Gasteiger partial charge in [0.05, 0.1) is 18.8 Å². The maximum atomic E-state index is 12.3. The Morgan fingerprint density at radius 2 is 2.00 bits per heavy atom. The number of anilines is 1. The number of hydrogen-bond acceptors (Lipinski definition) is 3. The Kier molecular flexibility index (Phi) is 5.37. The summed E-state index contributed by atoms with van der Waals surface area (Å²) in [5, 5.41) is 3.09. The van der Waals surface area contributed by atoms with Crippen LogP contribution in [0.1, 0.15) is 31.9 Å². The summed E-state index contributed by atoms with van der Waals surface area (Å²) >= 11 is 0. The predicted octanol–water partition coefficient (Wildman–Crippen LogP) is 2.61. The number of aryl methyl sites for hydroxylation is 2. The zero-order chi connectivity index (χ0) is 15.4. The van der Waals surface area contributed by atoms with E-state index in [1.807, 2.05) is 19.1 Å². The first-order valence-corrected chi connectivity index (χ1v) is 7.75. The minimum atomic E-state index is 0.0558. The van der Waals surface area contributed by atoms with Gasteiger partial charge in [-0.25, -0.2) is 0 Å². The largest absolute Gasteiger partial charge is 0.373 e. The van der Waals surface area contributed by atoms with Gasteiger partial charge in [0.1, 0.15) is 0 Å². The zero-order valence-electron chi connectivity index (χ0n) is 13.5. The molecule has 0 aliphatic carbocycles. The van der Waals surface area contributed by atoms with Crippen LogP contribution in [0.3, 0.4) is 0 Å². The summed E-state index contributed by atoms with van der Waals surface area (Å²) in [6, 6.07) is 6.14. The van der Waals surface area contributed by atoms with Crippen molar-refractivity contribution in [3.63, 3.8) is 0 Å². The molecule has 2 rings (SSSR count). The highest BCUT2D eigenvalue weighted by atomic mass is 16.5. The van der Waals surface area contributed by atoms with Gasteiger partial charge in [-0.2, -0.15) is 0 Å². The van der Waals surface area contributed by atoms with Crippen LogP contribution in [0, 0.1) is 6.92 Å². The van der Waals surface area contributed by atoms with Crippen molar-refractivity contribution in [2.45, 2.75) is 46.3 Å². The van der Waals surface area contributed by atoms with Crippen LogP contribution in [-0.2, 0) is 16.0 Å². The second-order valence-electron chi connectivity index (χ2n) is 5.96. The third-order valence-electron chi connectivity index (χ3n) is 3.87. The Hall–Kier alpha value is -1.39. The summed E-state index contributed by atoms with van der Waals surface area (Å²) in [4.78, 5) is 14.5. The van der Waals surface area contributed by atoms with Crippen molar-refractivity contribution < 1.29 is 9.53 Å². The Morgan fingerprint density at radius 1 is 1.33 bits per heavy atom. The van der Waals surface area contributed by atoms with Gasteiger partial charge in [0.15, 0.2) is 0 Å². The van der Waals surface area contributed by atoms with E-state index < -0.39 is 0 Å². The van der Waals surface area contributed by atoms with Crippen LogP contribution in [0.4, 0.5) is 5.69 Å². The van der Waals surface area contributed by atoms with Crippen molar-refractivity contribution >= 4 is 11.6 Å². The molecule has 1 aromatic rings. The fourth-order valence-electron chi connectivity index (χ4n) is 3.00. The van der Waals surface area contributed by atoms with E-state index in [0.29, 0.717) is 6.54 Å². The number of carbonyl (C=O) groups is 1. The Balaban J connectivity index is 1.99. The molecule has 1 aromatic carbocycles. The van der Waals surface area contributed by atoms with Gasteiger partial charge in [0.2, 0.25) is 5.91 Å². The van der Waals surface area contributed by atoms with E-state index in [-0.39, 0.29) is 18.1 Å². The summed E-state index contributed by atoms with van der Waals surface area (Å²) < 4.78 is 5.70. The van der Waals surface area contributed by atoms with Crippen molar-refractivity contribution in [2.75, 3.05) is 25.0 Å². The molecular formula is C17H26N2O2. The first-order valence-electron chi connectivity index (χ1n) is 7.75. The van der Waals surface area contributed by atoms with Crippen LogP contribution in [0.2, 0.25) is 0 Å². The number of carbonyl (C=O) groups excluding carboxylic acids is 1. The van der Waals surface area contributed by atoms with E-state index in [1.165, 1.54) is 5.56 Å². The Bertz CT molecular complexity index is 492. The molecule has 21 heavy (non-hydrogen) atoms. The molecule has 2 atom stereocenters. The summed E-state index contributed by atoms with van der Waals surface area (Å²) in [6.45, 7) is 10.3. The molecule has 1 fully saturated rings. The van der Waals surface area contributed by atoms with Crippen molar-refractivity contribution in [3.8, 4) is 0 Å². The highest BCUT2D eigenvalue weighted by Gasteiger charge is 2.23. The number of hydrogen-bond donors (Lipinski definition) is 1. The maximum Gasteiger partial charge on any atom is 0.238 e. The number of nitrogens with one attached hydrogen (secondary N) is 1. The fraction of sp³-hybridized carbons (Fsp3) is 0.588. The van der Waals surface area contributed by atoms with Crippen LogP contribution in [0.15, 0.2) is 18.2 Å². The molecule has 0 radical (unpaired) electrons. The summed E-state index contributed by atoms with van der Waals surface area (Å²) in [6.07, 6.45) is 1.29. The van der Waals surface area contributed by atoms with E-state index >= 15 is 0 Å². The molecule has 4 heteroatoms. The molecule has 1 amide bonds. The molecule has 2 unspecified atom stereocenters. The molecular weight excluding hydrogens is 264 g/mol. The minimum Gasteiger partial charge on any atom is -0.373 e. The maximum absolute atomic E-state index is 12.3. The molecule has 1 saturated heterocycles. The monoisotopic (exact) mass is 290 g/mol.